The first-order valence-corrected chi connectivity index (χ1v) is 8.04. The van der Waals surface area contributed by atoms with Crippen molar-refractivity contribution in [1.29, 1.82) is 0 Å². The van der Waals surface area contributed by atoms with Crippen LogP contribution >= 0.6 is 11.6 Å². The number of nitrogens with zero attached hydrogens (tertiary/aromatic N) is 1. The topological polar surface area (TPSA) is 111 Å². The van der Waals surface area contributed by atoms with Crippen molar-refractivity contribution in [2.24, 2.45) is 11.6 Å². The number of benzene rings is 1. The van der Waals surface area contributed by atoms with Crippen molar-refractivity contribution in [3.05, 3.63) is 46.2 Å². The zero-order chi connectivity index (χ0) is 17.7. The van der Waals surface area contributed by atoms with Gasteiger partial charge in [0.25, 0.3) is 5.91 Å². The number of rotatable bonds is 5. The van der Waals surface area contributed by atoms with Crippen molar-refractivity contribution >= 4 is 23.5 Å². The van der Waals surface area contributed by atoms with E-state index in [4.69, 9.17) is 27.9 Å². The summed E-state index contributed by atoms with van der Waals surface area (Å²) in [4.78, 5) is 25.9. The lowest BCUT2D eigenvalue weighted by Crippen LogP contribution is -2.39. The summed E-state index contributed by atoms with van der Waals surface area (Å²) in [7, 11) is 0. The van der Waals surface area contributed by atoms with Crippen molar-refractivity contribution in [1.82, 2.24) is 10.3 Å². The average molecular weight is 353 g/mol. The first kappa shape index (κ1) is 18.1. The summed E-state index contributed by atoms with van der Waals surface area (Å²) >= 11 is 5.90. The number of esters is 1. The Kier molecular flexibility index (Phi) is 6.05. The molecule has 7 nitrogen and oxygen atoms in total. The Morgan fingerprint density at radius 1 is 1.38 bits per heavy atom. The smallest absolute Gasteiger partial charge is 0.358 e. The van der Waals surface area contributed by atoms with Crippen LogP contribution in [-0.2, 0) is 14.3 Å². The van der Waals surface area contributed by atoms with Crippen molar-refractivity contribution < 1.29 is 14.3 Å². The molecule has 0 aromatic heterocycles. The highest BCUT2D eigenvalue weighted by atomic mass is 35.5. The molecule has 130 valence electrons. The van der Waals surface area contributed by atoms with E-state index in [1.54, 1.807) is 11.8 Å². The molecule has 2 rings (SSSR count). The van der Waals surface area contributed by atoms with E-state index in [9.17, 15) is 9.59 Å². The van der Waals surface area contributed by atoms with Gasteiger partial charge in [0, 0.05) is 24.0 Å². The van der Waals surface area contributed by atoms with Gasteiger partial charge in [0.05, 0.1) is 6.61 Å². The Morgan fingerprint density at radius 2 is 2.04 bits per heavy atom. The number of amides is 1. The van der Waals surface area contributed by atoms with E-state index in [-0.39, 0.29) is 23.9 Å². The highest BCUT2D eigenvalue weighted by Gasteiger charge is 2.30. The zero-order valence-electron chi connectivity index (χ0n) is 13.4. The van der Waals surface area contributed by atoms with Crippen LogP contribution in [0.3, 0.4) is 0 Å². The molecule has 1 heterocycles. The fraction of sp³-hybridized carbons (Fsp3) is 0.375. The molecule has 1 aliphatic heterocycles. The molecule has 0 bridgehead atoms. The minimum Gasteiger partial charge on any atom is -0.461 e. The van der Waals surface area contributed by atoms with Gasteiger partial charge in [-0.25, -0.2) is 4.79 Å². The molecule has 1 amide bonds. The monoisotopic (exact) mass is 352 g/mol. The fourth-order valence-corrected chi connectivity index (χ4v) is 2.80. The molecule has 0 aliphatic carbocycles. The summed E-state index contributed by atoms with van der Waals surface area (Å²) in [6.45, 7) is 2.88. The van der Waals surface area contributed by atoms with E-state index in [1.807, 2.05) is 24.3 Å². The van der Waals surface area contributed by atoms with Crippen LogP contribution in [0, 0.1) is 0 Å². The molecule has 1 fully saturated rings. The minimum atomic E-state index is -0.751. The molecule has 1 saturated heterocycles. The Hall–Kier alpha value is -2.25. The van der Waals surface area contributed by atoms with Crippen LogP contribution < -0.4 is 17.0 Å². The molecule has 1 aliphatic rings. The van der Waals surface area contributed by atoms with Gasteiger partial charge < -0.3 is 20.8 Å². The first-order chi connectivity index (χ1) is 11.5. The summed E-state index contributed by atoms with van der Waals surface area (Å²) in [6.07, 6.45) is 0.811. The largest absolute Gasteiger partial charge is 0.461 e. The summed E-state index contributed by atoms with van der Waals surface area (Å²) in [6, 6.07) is 7.55. The second-order valence-electron chi connectivity index (χ2n) is 5.44. The molecule has 0 spiro atoms. The number of hydrogen-bond acceptors (Lipinski definition) is 6. The third-order valence-corrected chi connectivity index (χ3v) is 4.19. The van der Waals surface area contributed by atoms with E-state index in [2.05, 4.69) is 5.43 Å². The number of hydrazine groups is 1. The Bertz CT molecular complexity index is 645. The molecule has 1 unspecified atom stereocenters. The molecule has 1 aromatic rings. The van der Waals surface area contributed by atoms with Crippen LogP contribution in [0.1, 0.15) is 24.8 Å². The predicted molar refractivity (Wildman–Crippen MR) is 90.6 cm³/mol. The van der Waals surface area contributed by atoms with Crippen LogP contribution in [0.4, 0.5) is 0 Å². The predicted octanol–water partition coefficient (Wildman–Crippen LogP) is 0.853. The molecule has 24 heavy (non-hydrogen) atoms. The second-order valence-corrected chi connectivity index (χ2v) is 5.88. The summed E-state index contributed by atoms with van der Waals surface area (Å²) in [5, 5.41) is 0.671. The maximum atomic E-state index is 12.5. The lowest BCUT2D eigenvalue weighted by Gasteiger charge is -2.18. The van der Waals surface area contributed by atoms with E-state index < -0.39 is 11.9 Å². The minimum absolute atomic E-state index is 0.161. The lowest BCUT2D eigenvalue weighted by molar-refractivity contribution is -0.139. The first-order valence-electron chi connectivity index (χ1n) is 7.66. The van der Waals surface area contributed by atoms with Crippen LogP contribution in [0.5, 0.6) is 0 Å². The number of carbonyl (C=O) groups is 2. The van der Waals surface area contributed by atoms with Crippen molar-refractivity contribution in [3.63, 3.8) is 0 Å². The number of likely N-dealkylation sites (tertiary alicyclic amines) is 1. The average Bonchev–Trinajstić information content (AvgIpc) is 3.05. The van der Waals surface area contributed by atoms with Crippen LogP contribution in [0.2, 0.25) is 5.02 Å². The molecule has 0 radical (unpaired) electrons. The Balaban J connectivity index is 2.10. The second kappa shape index (κ2) is 8.03. The summed E-state index contributed by atoms with van der Waals surface area (Å²) < 4.78 is 4.83. The molecule has 8 heteroatoms. The van der Waals surface area contributed by atoms with Gasteiger partial charge in [-0.1, -0.05) is 23.7 Å². The molecular formula is C16H21ClN4O3. The highest BCUT2D eigenvalue weighted by molar-refractivity contribution is 6.30. The molecular weight excluding hydrogens is 332 g/mol. The standard InChI is InChI=1S/C16H21ClN4O3/c1-2-24-16(23)14(20-19)13(18)15(22)21-8-7-11(9-21)10-3-5-12(17)6-4-10/h3-6,11,20H,2,7-9,18-19H2,1H3/b14-13-. The SMILES string of the molecule is CCOC(=O)/C(NN)=C(/N)C(=O)N1CCC(c2ccc(Cl)cc2)C1. The van der Waals surface area contributed by atoms with E-state index in [0.717, 1.165) is 12.0 Å². The van der Waals surface area contributed by atoms with Crippen molar-refractivity contribution in [2.45, 2.75) is 19.3 Å². The van der Waals surface area contributed by atoms with Gasteiger partial charge in [0.1, 0.15) is 5.70 Å². The maximum absolute atomic E-state index is 12.5. The van der Waals surface area contributed by atoms with E-state index in [1.165, 1.54) is 0 Å². The molecule has 5 N–H and O–H groups in total. The normalized spacial score (nSPS) is 18.1. The third-order valence-electron chi connectivity index (χ3n) is 3.94. The highest BCUT2D eigenvalue weighted by Crippen LogP contribution is 2.28. The number of halogens is 1. The molecule has 0 saturated carbocycles. The van der Waals surface area contributed by atoms with Gasteiger partial charge in [-0.2, -0.15) is 0 Å². The van der Waals surface area contributed by atoms with Crippen LogP contribution in [0.25, 0.3) is 0 Å². The number of hydrogen-bond donors (Lipinski definition) is 3. The summed E-state index contributed by atoms with van der Waals surface area (Å²) in [5.74, 6) is 4.32. The Labute approximate surface area is 145 Å². The van der Waals surface area contributed by atoms with Crippen LogP contribution in [-0.4, -0.2) is 36.5 Å². The van der Waals surface area contributed by atoms with Gasteiger partial charge in [-0.05, 0) is 31.0 Å². The molecule has 1 aromatic carbocycles. The number of carbonyl (C=O) groups excluding carboxylic acids is 2. The van der Waals surface area contributed by atoms with Crippen molar-refractivity contribution in [2.75, 3.05) is 19.7 Å². The van der Waals surface area contributed by atoms with Gasteiger partial charge >= 0.3 is 5.97 Å². The number of nitrogens with one attached hydrogen (secondary N) is 1. The molecule has 1 atom stereocenters. The maximum Gasteiger partial charge on any atom is 0.358 e. The van der Waals surface area contributed by atoms with Crippen molar-refractivity contribution in [3.8, 4) is 0 Å². The fourth-order valence-electron chi connectivity index (χ4n) is 2.68. The van der Waals surface area contributed by atoms with E-state index in [0.29, 0.717) is 18.1 Å². The lowest BCUT2D eigenvalue weighted by atomic mass is 9.99. The zero-order valence-corrected chi connectivity index (χ0v) is 14.2. The number of nitrogens with two attached hydrogens (primary N) is 2. The van der Waals surface area contributed by atoms with Gasteiger partial charge in [-0.3, -0.25) is 10.6 Å². The van der Waals surface area contributed by atoms with Crippen LogP contribution in [0.15, 0.2) is 35.7 Å². The van der Waals surface area contributed by atoms with Gasteiger partial charge in [0.2, 0.25) is 0 Å². The van der Waals surface area contributed by atoms with Gasteiger partial charge in [0.15, 0.2) is 5.70 Å². The van der Waals surface area contributed by atoms with E-state index >= 15 is 0 Å². The third kappa shape index (κ3) is 3.98. The Morgan fingerprint density at radius 3 is 2.62 bits per heavy atom. The quantitative estimate of drug-likeness (QED) is 0.313. The number of ether oxygens (including phenoxy) is 1. The van der Waals surface area contributed by atoms with Gasteiger partial charge in [-0.15, -0.1) is 0 Å². The summed E-state index contributed by atoms with van der Waals surface area (Å²) in [5.41, 5.74) is 8.62.